The predicted octanol–water partition coefficient (Wildman–Crippen LogP) is 24.0. The molecule has 0 saturated carbocycles. The van der Waals surface area contributed by atoms with Crippen LogP contribution in [0.1, 0.15) is 310 Å². The molecule has 0 aliphatic carbocycles. The van der Waals surface area contributed by atoms with E-state index >= 15 is 0 Å². The van der Waals surface area contributed by atoms with E-state index in [1.54, 1.807) is 0 Å². The van der Waals surface area contributed by atoms with Gasteiger partial charge >= 0.3 is 39.5 Å². The van der Waals surface area contributed by atoms with Crippen molar-refractivity contribution >= 4 is 39.5 Å². The summed E-state index contributed by atoms with van der Waals surface area (Å²) in [4.78, 5) is 73.0. The van der Waals surface area contributed by atoms with Crippen LogP contribution in [-0.2, 0) is 65.4 Å². The number of hydrogen-bond acceptors (Lipinski definition) is 15. The molecule has 0 amide bonds. The number of ether oxygens (including phenoxy) is 4. The van der Waals surface area contributed by atoms with Crippen LogP contribution in [0.3, 0.4) is 0 Å². The van der Waals surface area contributed by atoms with E-state index in [0.29, 0.717) is 32.1 Å². The van der Waals surface area contributed by atoms with Crippen molar-refractivity contribution in [3.8, 4) is 0 Å². The molecule has 3 N–H and O–H groups in total. The largest absolute Gasteiger partial charge is 0.472 e. The average Bonchev–Trinajstić information content (AvgIpc) is 0.903. The number of esters is 4. The molecule has 0 aromatic carbocycles. The summed E-state index contributed by atoms with van der Waals surface area (Å²) in [5, 5.41) is 10.6. The maximum Gasteiger partial charge on any atom is 0.472 e. The predicted molar refractivity (Wildman–Crippen MR) is 436 cm³/mol. The number of hydrogen-bond donors (Lipinski definition) is 3. The normalized spacial score (nSPS) is 14.7. The number of carbonyl (C=O) groups is 4. The zero-order valence-corrected chi connectivity index (χ0v) is 67.8. The van der Waals surface area contributed by atoms with Crippen LogP contribution >= 0.6 is 15.6 Å². The molecule has 604 valence electrons. The Labute approximate surface area is 642 Å². The van der Waals surface area contributed by atoms with Gasteiger partial charge in [0.2, 0.25) is 0 Å². The first-order valence-corrected chi connectivity index (χ1v) is 43.7. The van der Waals surface area contributed by atoms with Crippen LogP contribution in [0.2, 0.25) is 0 Å². The Balaban J connectivity index is 5.49. The Kier molecular flexibility index (Phi) is 73.9. The maximum absolute atomic E-state index is 13.1. The Morgan fingerprint density at radius 1 is 0.274 bits per heavy atom. The number of phosphoric acid groups is 2. The standard InChI is InChI=1S/C87H144O17P2/c1-5-9-13-17-21-25-29-33-36-38-40-42-45-49-52-56-60-64-68-72-85(90)98-78-83(104-87(92)74-70-66-62-58-54-50-46-43-41-39-37-34-30-26-22-18-14-10-6-2)80-102-106(95,96)100-76-81(88)75-99-105(93,94)101-79-82(103-86(91)73-69-65-61-57-53-47-32-28-24-20-16-12-8-4)77-97-84(89)71-67-63-59-55-51-48-44-35-31-27-23-19-15-11-7-3/h9-10,13-14,21-22,25-26,28,32-37,40-44,49-50,52,54,60,64,81-83,88H,5-8,11-12,15-20,23-24,27,29-31,38-39,45-48,51,53,55-59,61-63,65-80H2,1-4H3,(H,93,94)(H,95,96)/b13-9-,14-10-,25-21-,26-22-,32-28-,36-33-,37-34-,42-40-,43-41-,44-35-,52-49-,54-50-,64-60-. The summed E-state index contributed by atoms with van der Waals surface area (Å²) >= 11 is 0. The molecule has 0 spiro atoms. The highest BCUT2D eigenvalue weighted by Gasteiger charge is 2.30. The quantitative estimate of drug-likeness (QED) is 0.0169. The fraction of sp³-hybridized carbons (Fsp3) is 0.655. The van der Waals surface area contributed by atoms with Crippen LogP contribution in [0.5, 0.6) is 0 Å². The van der Waals surface area contributed by atoms with E-state index in [1.165, 1.54) is 64.2 Å². The monoisotopic (exact) mass is 1520 g/mol. The average molecular weight is 1520 g/mol. The fourth-order valence-corrected chi connectivity index (χ4v) is 11.9. The number of unbranched alkanes of at least 4 members (excludes halogenated alkanes) is 23. The molecule has 106 heavy (non-hydrogen) atoms. The Morgan fingerprint density at radius 2 is 0.509 bits per heavy atom. The molecule has 0 aromatic heterocycles. The third kappa shape index (κ3) is 76.9. The molecule has 0 heterocycles. The number of aliphatic hydroxyl groups is 1. The van der Waals surface area contributed by atoms with Crippen molar-refractivity contribution in [2.75, 3.05) is 39.6 Å². The lowest BCUT2D eigenvalue weighted by atomic mass is 10.1. The summed E-state index contributed by atoms with van der Waals surface area (Å²) in [6, 6.07) is 0. The van der Waals surface area contributed by atoms with Crippen molar-refractivity contribution in [3.63, 3.8) is 0 Å². The van der Waals surface area contributed by atoms with Crippen LogP contribution in [0.4, 0.5) is 0 Å². The van der Waals surface area contributed by atoms with E-state index in [2.05, 4.69) is 167 Å². The van der Waals surface area contributed by atoms with E-state index in [9.17, 15) is 43.2 Å². The molecule has 0 aliphatic rings. The minimum atomic E-state index is -5.01. The highest BCUT2D eigenvalue weighted by molar-refractivity contribution is 7.47. The third-order valence-corrected chi connectivity index (χ3v) is 18.4. The lowest BCUT2D eigenvalue weighted by Crippen LogP contribution is -2.30. The van der Waals surface area contributed by atoms with Gasteiger partial charge in [0, 0.05) is 25.7 Å². The number of allylic oxidation sites excluding steroid dienone is 26. The fourth-order valence-electron chi connectivity index (χ4n) is 10.3. The molecular weight excluding hydrogens is 1380 g/mol. The molecular formula is C87H144O17P2. The van der Waals surface area contributed by atoms with Crippen molar-refractivity contribution in [1.29, 1.82) is 0 Å². The van der Waals surface area contributed by atoms with Gasteiger partial charge in [-0.1, -0.05) is 282 Å². The van der Waals surface area contributed by atoms with Crippen molar-refractivity contribution in [2.24, 2.45) is 0 Å². The van der Waals surface area contributed by atoms with Gasteiger partial charge in [-0.05, 0) is 161 Å². The zero-order valence-electron chi connectivity index (χ0n) is 66.1. The SMILES string of the molecule is CC/C=C\C/C=C\C/C=C\C/C=C\C/C=C\C/C=C\CCC(=O)OCC(COP(=O)(O)OCC(O)COP(=O)(O)OCC(COC(=O)CCCCCCC/C=C\CCCCCCCC)OC(=O)CCCCCCC/C=C\CCCCCC)OC(=O)CCCCC/C=C\C/C=C\C/C=C\C/C=C\C/C=C\CC. The van der Waals surface area contributed by atoms with Gasteiger partial charge in [-0.25, -0.2) is 9.13 Å². The zero-order chi connectivity index (χ0) is 77.4. The van der Waals surface area contributed by atoms with Gasteiger partial charge in [-0.3, -0.25) is 37.3 Å². The summed E-state index contributed by atoms with van der Waals surface area (Å²) in [7, 11) is -10.0. The summed E-state index contributed by atoms with van der Waals surface area (Å²) < 4.78 is 68.5. The highest BCUT2D eigenvalue weighted by Crippen LogP contribution is 2.45. The lowest BCUT2D eigenvalue weighted by Gasteiger charge is -2.21. The second kappa shape index (κ2) is 77.8. The third-order valence-electron chi connectivity index (χ3n) is 16.5. The lowest BCUT2D eigenvalue weighted by molar-refractivity contribution is -0.161. The van der Waals surface area contributed by atoms with E-state index < -0.39 is 97.5 Å². The van der Waals surface area contributed by atoms with Crippen molar-refractivity contribution in [2.45, 2.75) is 329 Å². The maximum atomic E-state index is 13.1. The Hall–Kier alpha value is -5.32. The van der Waals surface area contributed by atoms with Crippen molar-refractivity contribution in [1.82, 2.24) is 0 Å². The van der Waals surface area contributed by atoms with Gasteiger partial charge in [-0.2, -0.15) is 0 Å². The van der Waals surface area contributed by atoms with Gasteiger partial charge in [0.1, 0.15) is 19.3 Å². The first kappa shape index (κ1) is 101. The smallest absolute Gasteiger partial charge is 0.462 e. The molecule has 5 atom stereocenters. The summed E-state index contributed by atoms with van der Waals surface area (Å²) in [6.45, 7) is 4.49. The molecule has 0 radical (unpaired) electrons. The van der Waals surface area contributed by atoms with Gasteiger partial charge < -0.3 is 33.8 Å². The van der Waals surface area contributed by atoms with E-state index in [4.69, 9.17) is 37.0 Å². The Bertz CT molecular complexity index is 2630. The minimum Gasteiger partial charge on any atom is -0.462 e. The number of carbonyl (C=O) groups excluding carboxylic acids is 4. The number of rotatable bonds is 75. The number of aliphatic hydroxyl groups excluding tert-OH is 1. The molecule has 0 bridgehead atoms. The first-order chi connectivity index (χ1) is 51.7. The van der Waals surface area contributed by atoms with Crippen molar-refractivity contribution < 1.29 is 80.2 Å². The molecule has 5 unspecified atom stereocenters. The van der Waals surface area contributed by atoms with Gasteiger partial charge in [0.05, 0.1) is 26.4 Å². The van der Waals surface area contributed by atoms with Gasteiger partial charge in [0.25, 0.3) is 0 Å². The van der Waals surface area contributed by atoms with E-state index in [0.717, 1.165) is 161 Å². The first-order valence-electron chi connectivity index (χ1n) is 40.7. The second-order valence-corrected chi connectivity index (χ2v) is 29.5. The van der Waals surface area contributed by atoms with E-state index in [1.807, 2.05) is 18.2 Å². The highest BCUT2D eigenvalue weighted by atomic mass is 31.2. The minimum absolute atomic E-state index is 0.0228. The van der Waals surface area contributed by atoms with E-state index in [-0.39, 0.29) is 25.7 Å². The molecule has 0 fully saturated rings. The van der Waals surface area contributed by atoms with Crippen LogP contribution in [0.25, 0.3) is 0 Å². The van der Waals surface area contributed by atoms with Crippen LogP contribution in [0, 0.1) is 0 Å². The number of phosphoric ester groups is 2. The molecule has 0 aliphatic heterocycles. The topological polar surface area (TPSA) is 237 Å². The van der Waals surface area contributed by atoms with Gasteiger partial charge in [0.15, 0.2) is 12.2 Å². The van der Waals surface area contributed by atoms with Crippen LogP contribution in [-0.4, -0.2) is 96.7 Å². The molecule has 0 saturated heterocycles. The van der Waals surface area contributed by atoms with Gasteiger partial charge in [-0.15, -0.1) is 0 Å². The molecule has 19 heteroatoms. The Morgan fingerprint density at radius 3 is 0.840 bits per heavy atom. The molecule has 17 nitrogen and oxygen atoms in total. The summed E-state index contributed by atoms with van der Waals surface area (Å²) in [5.74, 6) is -2.33. The summed E-state index contributed by atoms with van der Waals surface area (Å²) in [5.41, 5.74) is 0. The second-order valence-electron chi connectivity index (χ2n) is 26.6. The van der Waals surface area contributed by atoms with Crippen molar-refractivity contribution in [3.05, 3.63) is 158 Å². The summed E-state index contributed by atoms with van der Waals surface area (Å²) in [6.07, 6.45) is 90.9. The molecule has 0 aromatic rings. The van der Waals surface area contributed by atoms with Crippen LogP contribution < -0.4 is 0 Å². The molecule has 0 rings (SSSR count). The van der Waals surface area contributed by atoms with Crippen LogP contribution in [0.15, 0.2) is 158 Å².